The zero-order valence-corrected chi connectivity index (χ0v) is 13.4. The van der Waals surface area contributed by atoms with E-state index < -0.39 is 0 Å². The maximum absolute atomic E-state index is 12.5. The summed E-state index contributed by atoms with van der Waals surface area (Å²) < 4.78 is 1.14. The second-order valence-corrected chi connectivity index (χ2v) is 6.21. The lowest BCUT2D eigenvalue weighted by atomic mass is 9.75. The normalized spacial score (nSPS) is 20.9. The Bertz CT molecular complexity index is 769. The van der Waals surface area contributed by atoms with Crippen LogP contribution in [0.5, 0.6) is 0 Å². The molecule has 2 heterocycles. The van der Waals surface area contributed by atoms with Crippen LogP contribution in [0.3, 0.4) is 0 Å². The molecular formula is C17H20N4O3. The van der Waals surface area contributed by atoms with Crippen LogP contribution in [0.2, 0.25) is 0 Å². The van der Waals surface area contributed by atoms with Crippen molar-refractivity contribution in [2.24, 2.45) is 13.0 Å². The van der Waals surface area contributed by atoms with Crippen molar-refractivity contribution in [1.82, 2.24) is 20.1 Å². The van der Waals surface area contributed by atoms with Crippen molar-refractivity contribution in [3.63, 3.8) is 0 Å². The van der Waals surface area contributed by atoms with E-state index in [1.807, 2.05) is 12.1 Å². The molecule has 1 aliphatic carbocycles. The van der Waals surface area contributed by atoms with Gasteiger partial charge in [-0.3, -0.25) is 14.6 Å². The van der Waals surface area contributed by atoms with Crippen LogP contribution in [0.4, 0.5) is 0 Å². The zero-order chi connectivity index (χ0) is 17.1. The summed E-state index contributed by atoms with van der Waals surface area (Å²) in [6.45, 7) is 0. The average molecular weight is 328 g/mol. The highest BCUT2D eigenvalue weighted by Crippen LogP contribution is 2.31. The van der Waals surface area contributed by atoms with Crippen molar-refractivity contribution < 1.29 is 9.90 Å². The number of hydrogen-bond acceptors (Lipinski definition) is 5. The van der Waals surface area contributed by atoms with Gasteiger partial charge in [0.1, 0.15) is 5.69 Å². The number of aromatic nitrogens is 3. The molecule has 0 aliphatic heterocycles. The first-order chi connectivity index (χ1) is 11.5. The van der Waals surface area contributed by atoms with Gasteiger partial charge in [-0.2, -0.15) is 5.10 Å². The van der Waals surface area contributed by atoms with E-state index in [9.17, 15) is 14.7 Å². The molecule has 2 N–H and O–H groups in total. The van der Waals surface area contributed by atoms with Crippen molar-refractivity contribution in [3.05, 3.63) is 58.3 Å². The largest absolute Gasteiger partial charge is 0.393 e. The van der Waals surface area contributed by atoms with Crippen molar-refractivity contribution in [1.29, 1.82) is 0 Å². The van der Waals surface area contributed by atoms with Gasteiger partial charge in [0.2, 0.25) is 0 Å². The van der Waals surface area contributed by atoms with Gasteiger partial charge < -0.3 is 10.4 Å². The fraction of sp³-hybridized carbons (Fsp3) is 0.412. The fourth-order valence-electron chi connectivity index (χ4n) is 2.93. The molecule has 1 atom stereocenters. The minimum absolute atomic E-state index is 0.0951. The lowest BCUT2D eigenvalue weighted by Gasteiger charge is -2.38. The topological polar surface area (TPSA) is 97.1 Å². The molecule has 2 aromatic rings. The number of rotatable bonds is 5. The molecule has 24 heavy (non-hydrogen) atoms. The van der Waals surface area contributed by atoms with Gasteiger partial charge in [-0.15, -0.1) is 0 Å². The molecule has 7 heteroatoms. The van der Waals surface area contributed by atoms with E-state index >= 15 is 0 Å². The van der Waals surface area contributed by atoms with Crippen LogP contribution in [-0.4, -0.2) is 37.9 Å². The third kappa shape index (κ3) is 3.68. The summed E-state index contributed by atoms with van der Waals surface area (Å²) in [5, 5.41) is 16.6. The van der Waals surface area contributed by atoms with E-state index in [4.69, 9.17) is 0 Å². The summed E-state index contributed by atoms with van der Waals surface area (Å²) >= 11 is 0. The van der Waals surface area contributed by atoms with Crippen LogP contribution >= 0.6 is 0 Å². The van der Waals surface area contributed by atoms with Crippen molar-refractivity contribution in [2.75, 3.05) is 0 Å². The van der Waals surface area contributed by atoms with Gasteiger partial charge in [-0.25, -0.2) is 4.68 Å². The first kappa shape index (κ1) is 16.3. The number of pyridine rings is 1. The summed E-state index contributed by atoms with van der Waals surface area (Å²) in [4.78, 5) is 27.9. The van der Waals surface area contributed by atoms with E-state index in [1.54, 1.807) is 12.4 Å². The van der Waals surface area contributed by atoms with Gasteiger partial charge in [-0.05, 0) is 48.9 Å². The Morgan fingerprint density at radius 1 is 1.33 bits per heavy atom. The summed E-state index contributed by atoms with van der Waals surface area (Å²) in [7, 11) is 1.51. The number of carbonyl (C=O) groups excluding carboxylic acids is 1. The second kappa shape index (κ2) is 6.92. The number of aliphatic hydroxyl groups is 1. The fourth-order valence-corrected chi connectivity index (χ4v) is 2.93. The molecule has 0 radical (unpaired) electrons. The first-order valence-corrected chi connectivity index (χ1v) is 7.95. The van der Waals surface area contributed by atoms with Gasteiger partial charge in [0.15, 0.2) is 0 Å². The number of nitrogens with one attached hydrogen (secondary N) is 1. The summed E-state index contributed by atoms with van der Waals surface area (Å²) in [6, 6.07) is 6.49. The molecule has 1 saturated carbocycles. The van der Waals surface area contributed by atoms with Crippen LogP contribution in [0.25, 0.3) is 0 Å². The van der Waals surface area contributed by atoms with E-state index in [1.165, 1.54) is 19.2 Å². The second-order valence-electron chi connectivity index (χ2n) is 6.21. The number of aryl methyl sites for hydroxylation is 1. The van der Waals surface area contributed by atoms with E-state index in [2.05, 4.69) is 15.4 Å². The summed E-state index contributed by atoms with van der Waals surface area (Å²) in [5.41, 5.74) is 1.02. The van der Waals surface area contributed by atoms with Crippen LogP contribution in [0.15, 0.2) is 41.5 Å². The minimum Gasteiger partial charge on any atom is -0.393 e. The Morgan fingerprint density at radius 3 is 2.67 bits per heavy atom. The van der Waals surface area contributed by atoms with E-state index in [0.29, 0.717) is 19.3 Å². The third-order valence-electron chi connectivity index (χ3n) is 4.43. The molecule has 0 bridgehead atoms. The van der Waals surface area contributed by atoms with Crippen molar-refractivity contribution in [2.45, 2.75) is 31.4 Å². The molecule has 1 aliphatic rings. The Hall–Kier alpha value is -2.54. The van der Waals surface area contributed by atoms with Gasteiger partial charge in [0, 0.05) is 31.5 Å². The van der Waals surface area contributed by atoms with Gasteiger partial charge in [0.25, 0.3) is 11.5 Å². The third-order valence-corrected chi connectivity index (χ3v) is 4.43. The Morgan fingerprint density at radius 2 is 2.04 bits per heavy atom. The highest BCUT2D eigenvalue weighted by Gasteiger charge is 2.35. The number of hydrogen-bond donors (Lipinski definition) is 2. The molecule has 0 saturated heterocycles. The summed E-state index contributed by atoms with van der Waals surface area (Å²) in [6.07, 6.45) is 5.17. The van der Waals surface area contributed by atoms with Crippen LogP contribution < -0.4 is 10.9 Å². The Labute approximate surface area is 139 Å². The highest BCUT2D eigenvalue weighted by molar-refractivity contribution is 5.92. The molecule has 0 spiro atoms. The summed E-state index contributed by atoms with van der Waals surface area (Å²) in [5.74, 6) is -0.0873. The Balaban J connectivity index is 1.74. The van der Waals surface area contributed by atoms with Gasteiger partial charge in [-0.1, -0.05) is 0 Å². The lowest BCUT2D eigenvalue weighted by Crippen LogP contribution is -2.48. The van der Waals surface area contributed by atoms with Gasteiger partial charge in [0.05, 0.1) is 6.10 Å². The molecule has 1 fully saturated rings. The van der Waals surface area contributed by atoms with E-state index in [-0.39, 0.29) is 35.2 Å². The van der Waals surface area contributed by atoms with Crippen LogP contribution in [0.1, 0.15) is 28.9 Å². The molecule has 3 rings (SSSR count). The predicted octanol–water partition coefficient (Wildman–Crippen LogP) is 0.287. The number of aliphatic hydroxyl groups excluding tert-OH is 1. The maximum atomic E-state index is 12.5. The van der Waals surface area contributed by atoms with Crippen molar-refractivity contribution >= 4 is 5.91 Å². The monoisotopic (exact) mass is 328 g/mol. The lowest BCUT2D eigenvalue weighted by molar-refractivity contribution is 0.0238. The SMILES string of the molecule is Cn1nc(C(=O)N[C@@H](Cc2ccncc2)C2CC(O)C2)ccc1=O. The molecule has 2 aromatic heterocycles. The van der Waals surface area contributed by atoms with Crippen molar-refractivity contribution in [3.8, 4) is 0 Å². The molecule has 0 unspecified atom stereocenters. The number of amides is 1. The smallest absolute Gasteiger partial charge is 0.271 e. The predicted molar refractivity (Wildman–Crippen MR) is 87.4 cm³/mol. The minimum atomic E-state index is -0.314. The molecule has 1 amide bonds. The van der Waals surface area contributed by atoms with Gasteiger partial charge >= 0.3 is 0 Å². The van der Waals surface area contributed by atoms with E-state index in [0.717, 1.165) is 10.2 Å². The number of carbonyl (C=O) groups is 1. The van der Waals surface area contributed by atoms with Crippen LogP contribution in [-0.2, 0) is 13.5 Å². The highest BCUT2D eigenvalue weighted by atomic mass is 16.3. The quantitative estimate of drug-likeness (QED) is 0.822. The first-order valence-electron chi connectivity index (χ1n) is 7.95. The standard InChI is InChI=1S/C17H20N4O3/c1-21-16(23)3-2-14(20-21)17(24)19-15(12-9-13(22)10-12)8-11-4-6-18-7-5-11/h2-7,12-13,15,22H,8-10H2,1H3,(H,19,24)/t12?,13?,15-/m0/s1. The number of nitrogens with zero attached hydrogens (tertiary/aromatic N) is 3. The molecule has 126 valence electrons. The average Bonchev–Trinajstić information content (AvgIpc) is 2.55. The Kier molecular flexibility index (Phi) is 4.71. The van der Waals surface area contributed by atoms with Crippen LogP contribution in [0, 0.1) is 5.92 Å². The molecule has 0 aromatic carbocycles. The zero-order valence-electron chi connectivity index (χ0n) is 13.4. The maximum Gasteiger partial charge on any atom is 0.271 e. The molecule has 7 nitrogen and oxygen atoms in total. The molecular weight excluding hydrogens is 308 g/mol.